The van der Waals surface area contributed by atoms with Crippen LogP contribution in [0, 0.1) is 18.3 Å². The Bertz CT molecular complexity index is 964. The number of anilines is 2. The van der Waals surface area contributed by atoms with Crippen LogP contribution in [-0.2, 0) is 9.53 Å². The second-order valence-electron chi connectivity index (χ2n) is 6.29. The molecule has 0 heterocycles. The van der Waals surface area contributed by atoms with Crippen molar-refractivity contribution in [3.05, 3.63) is 69.8 Å². The number of ether oxygens (including phenoxy) is 1. The van der Waals surface area contributed by atoms with Gasteiger partial charge >= 0.3 is 5.97 Å². The Morgan fingerprint density at radius 1 is 1.21 bits per heavy atom. The van der Waals surface area contributed by atoms with Gasteiger partial charge in [-0.3, -0.25) is 4.79 Å². The average Bonchev–Trinajstić information content (AvgIpc) is 2.70. The SMILES string of the molecule is CCCCOC(=O)c1ccccc1NC(=O)/C(C#N)=C\Nc1ccc(C)cc1Br. The van der Waals surface area contributed by atoms with E-state index >= 15 is 0 Å². The molecule has 6 nitrogen and oxygen atoms in total. The summed E-state index contributed by atoms with van der Waals surface area (Å²) in [5.41, 5.74) is 2.19. The zero-order valence-corrected chi connectivity index (χ0v) is 17.9. The lowest BCUT2D eigenvalue weighted by molar-refractivity contribution is -0.112. The summed E-state index contributed by atoms with van der Waals surface area (Å²) in [7, 11) is 0. The minimum absolute atomic E-state index is 0.133. The van der Waals surface area contributed by atoms with Crippen molar-refractivity contribution in [2.75, 3.05) is 17.2 Å². The molecule has 0 spiro atoms. The summed E-state index contributed by atoms with van der Waals surface area (Å²) < 4.78 is 6.03. The molecule has 0 aliphatic rings. The van der Waals surface area contributed by atoms with Crippen LogP contribution >= 0.6 is 15.9 Å². The largest absolute Gasteiger partial charge is 0.462 e. The fraction of sp³-hybridized carbons (Fsp3) is 0.227. The van der Waals surface area contributed by atoms with Gasteiger partial charge in [-0.15, -0.1) is 0 Å². The Hall–Kier alpha value is -3.11. The topological polar surface area (TPSA) is 91.2 Å². The van der Waals surface area contributed by atoms with Crippen LogP contribution in [0.25, 0.3) is 0 Å². The molecule has 0 aromatic heterocycles. The number of halogens is 1. The summed E-state index contributed by atoms with van der Waals surface area (Å²) in [5, 5.41) is 14.9. The minimum atomic E-state index is -0.628. The molecule has 150 valence electrons. The fourth-order valence-electron chi connectivity index (χ4n) is 2.38. The van der Waals surface area contributed by atoms with E-state index in [0.29, 0.717) is 6.61 Å². The number of hydrogen-bond acceptors (Lipinski definition) is 5. The summed E-state index contributed by atoms with van der Waals surface area (Å²) in [6.45, 7) is 4.28. The van der Waals surface area contributed by atoms with Crippen molar-refractivity contribution in [2.45, 2.75) is 26.7 Å². The molecule has 0 saturated heterocycles. The number of carbonyl (C=O) groups is 2. The molecule has 0 saturated carbocycles. The molecule has 2 aromatic rings. The molecule has 2 aromatic carbocycles. The Morgan fingerprint density at radius 2 is 1.97 bits per heavy atom. The zero-order chi connectivity index (χ0) is 21.2. The summed E-state index contributed by atoms with van der Waals surface area (Å²) in [6, 6.07) is 14.1. The van der Waals surface area contributed by atoms with Gasteiger partial charge in [0.25, 0.3) is 5.91 Å². The molecule has 0 bridgehead atoms. The monoisotopic (exact) mass is 455 g/mol. The normalized spacial score (nSPS) is 10.8. The van der Waals surface area contributed by atoms with Crippen LogP contribution in [0.3, 0.4) is 0 Å². The standard InChI is InChI=1S/C22H22BrN3O3/c1-3-4-11-29-22(28)17-7-5-6-8-19(17)26-21(27)16(13-24)14-25-20-10-9-15(2)12-18(20)23/h5-10,12,14,25H,3-4,11H2,1-2H3,(H,26,27)/b16-14-. The molecule has 2 rings (SSSR count). The Balaban J connectivity index is 2.13. The van der Waals surface area contributed by atoms with Gasteiger partial charge in [-0.05, 0) is 59.1 Å². The second-order valence-corrected chi connectivity index (χ2v) is 7.14. The van der Waals surface area contributed by atoms with Crippen molar-refractivity contribution in [3.63, 3.8) is 0 Å². The predicted molar refractivity (Wildman–Crippen MR) is 116 cm³/mol. The van der Waals surface area contributed by atoms with Crippen molar-refractivity contribution in [1.29, 1.82) is 5.26 Å². The lowest BCUT2D eigenvalue weighted by atomic mass is 10.1. The molecule has 0 aliphatic carbocycles. The maximum atomic E-state index is 12.5. The van der Waals surface area contributed by atoms with Crippen LogP contribution < -0.4 is 10.6 Å². The second kappa shape index (κ2) is 11.0. The van der Waals surface area contributed by atoms with Gasteiger partial charge in [0.05, 0.1) is 23.5 Å². The molecule has 7 heteroatoms. The first-order chi connectivity index (χ1) is 14.0. The van der Waals surface area contributed by atoms with Gasteiger partial charge in [-0.2, -0.15) is 5.26 Å². The van der Waals surface area contributed by atoms with Gasteiger partial charge in [0.2, 0.25) is 0 Å². The van der Waals surface area contributed by atoms with E-state index in [-0.39, 0.29) is 16.8 Å². The highest BCUT2D eigenvalue weighted by atomic mass is 79.9. The Morgan fingerprint density at radius 3 is 2.66 bits per heavy atom. The number of carbonyl (C=O) groups excluding carboxylic acids is 2. The number of benzene rings is 2. The third-order valence-electron chi connectivity index (χ3n) is 3.99. The van der Waals surface area contributed by atoms with Gasteiger partial charge in [-0.25, -0.2) is 4.79 Å². The number of unbranched alkanes of at least 4 members (excludes halogenated alkanes) is 1. The van der Waals surface area contributed by atoms with Gasteiger partial charge in [0.1, 0.15) is 11.6 Å². The van der Waals surface area contributed by atoms with Crippen LogP contribution in [0.2, 0.25) is 0 Å². The van der Waals surface area contributed by atoms with Crippen molar-refractivity contribution < 1.29 is 14.3 Å². The maximum absolute atomic E-state index is 12.5. The first-order valence-corrected chi connectivity index (χ1v) is 9.96. The van der Waals surface area contributed by atoms with E-state index in [4.69, 9.17) is 4.74 Å². The molecule has 0 aliphatic heterocycles. The van der Waals surface area contributed by atoms with Crippen LogP contribution in [0.15, 0.2) is 58.7 Å². The highest BCUT2D eigenvalue weighted by Crippen LogP contribution is 2.24. The lowest BCUT2D eigenvalue weighted by Crippen LogP contribution is -2.18. The first kappa shape index (κ1) is 22.2. The predicted octanol–water partition coefficient (Wildman–Crippen LogP) is 5.17. The molecule has 29 heavy (non-hydrogen) atoms. The summed E-state index contributed by atoms with van der Waals surface area (Å²) in [5.74, 6) is -1.14. The van der Waals surface area contributed by atoms with Crippen molar-refractivity contribution in [1.82, 2.24) is 0 Å². The summed E-state index contributed by atoms with van der Waals surface area (Å²) in [4.78, 5) is 24.8. The van der Waals surface area contributed by atoms with Crippen LogP contribution in [-0.4, -0.2) is 18.5 Å². The summed E-state index contributed by atoms with van der Waals surface area (Å²) >= 11 is 3.43. The zero-order valence-electron chi connectivity index (χ0n) is 16.3. The Kier molecular flexibility index (Phi) is 8.44. The van der Waals surface area contributed by atoms with Crippen molar-refractivity contribution in [2.24, 2.45) is 0 Å². The number of aryl methyl sites for hydroxylation is 1. The first-order valence-electron chi connectivity index (χ1n) is 9.16. The minimum Gasteiger partial charge on any atom is -0.462 e. The Labute approximate surface area is 178 Å². The van der Waals surface area contributed by atoms with Crippen LogP contribution in [0.4, 0.5) is 11.4 Å². The number of hydrogen-bond donors (Lipinski definition) is 2. The molecule has 0 radical (unpaired) electrons. The van der Waals surface area contributed by atoms with Crippen molar-refractivity contribution in [3.8, 4) is 6.07 Å². The molecule has 2 N–H and O–H groups in total. The molecule has 0 fully saturated rings. The number of nitriles is 1. The molecule has 0 unspecified atom stereocenters. The number of rotatable bonds is 8. The van der Waals surface area contributed by atoms with E-state index in [1.807, 2.05) is 38.1 Å². The molecular formula is C22H22BrN3O3. The van der Waals surface area contributed by atoms with Crippen molar-refractivity contribution >= 4 is 39.2 Å². The molecular weight excluding hydrogens is 434 g/mol. The van der Waals surface area contributed by atoms with E-state index in [1.165, 1.54) is 6.20 Å². The highest BCUT2D eigenvalue weighted by Gasteiger charge is 2.16. The number of amides is 1. The van der Waals surface area contributed by atoms with E-state index in [0.717, 1.165) is 28.6 Å². The fourth-order valence-corrected chi connectivity index (χ4v) is 2.99. The van der Waals surface area contributed by atoms with E-state index in [2.05, 4.69) is 26.6 Å². The van der Waals surface area contributed by atoms with E-state index < -0.39 is 11.9 Å². The number of nitrogens with one attached hydrogen (secondary N) is 2. The van der Waals surface area contributed by atoms with Crippen LogP contribution in [0.5, 0.6) is 0 Å². The number of esters is 1. The number of nitrogens with zero attached hydrogens (tertiary/aromatic N) is 1. The van der Waals surface area contributed by atoms with Crippen LogP contribution in [0.1, 0.15) is 35.7 Å². The quantitative estimate of drug-likeness (QED) is 0.248. The third-order valence-corrected chi connectivity index (χ3v) is 4.64. The van der Waals surface area contributed by atoms with E-state index in [1.54, 1.807) is 24.3 Å². The lowest BCUT2D eigenvalue weighted by Gasteiger charge is -2.11. The smallest absolute Gasteiger partial charge is 0.340 e. The average molecular weight is 456 g/mol. The van der Waals surface area contributed by atoms with E-state index in [9.17, 15) is 14.9 Å². The third kappa shape index (κ3) is 6.47. The molecule has 0 atom stereocenters. The van der Waals surface area contributed by atoms with Gasteiger partial charge in [-0.1, -0.05) is 31.5 Å². The number of para-hydroxylation sites is 1. The van der Waals surface area contributed by atoms with Gasteiger partial charge in [0, 0.05) is 10.7 Å². The summed E-state index contributed by atoms with van der Waals surface area (Å²) in [6.07, 6.45) is 3.00. The van der Waals surface area contributed by atoms with Gasteiger partial charge < -0.3 is 15.4 Å². The van der Waals surface area contributed by atoms with Gasteiger partial charge in [0.15, 0.2) is 0 Å². The highest BCUT2D eigenvalue weighted by molar-refractivity contribution is 9.10. The maximum Gasteiger partial charge on any atom is 0.340 e. The molecule has 1 amide bonds.